The monoisotopic (exact) mass is 390 g/mol. The second-order valence-electron chi connectivity index (χ2n) is 8.30. The minimum absolute atomic E-state index is 0.0588. The van der Waals surface area contributed by atoms with Gasteiger partial charge in [0, 0.05) is 17.7 Å². The van der Waals surface area contributed by atoms with Gasteiger partial charge in [0.1, 0.15) is 6.04 Å². The van der Waals surface area contributed by atoms with E-state index in [-0.39, 0.29) is 17.2 Å². The largest absolute Gasteiger partial charge is 0.328 e. The molecule has 2 aliphatic rings. The molecule has 0 amide bonds. The van der Waals surface area contributed by atoms with E-state index in [4.69, 9.17) is 5.10 Å². The summed E-state index contributed by atoms with van der Waals surface area (Å²) in [5, 5.41) is 11.2. The van der Waals surface area contributed by atoms with Crippen LogP contribution in [0, 0.1) is 5.41 Å². The highest BCUT2D eigenvalue weighted by atomic mass is 32.2. The molecule has 1 unspecified atom stereocenters. The number of fused-ring (bicyclic) bond motifs is 2. The molecular weight excluding hydrogens is 368 g/mol. The molecule has 28 heavy (non-hydrogen) atoms. The SMILES string of the molecule is CSc1nc2n(n1)C(c1cccc3ccccc13)C1=C(CC(C)(C)CC1=O)N2. The number of carbonyl (C=O) groups is 1. The van der Waals surface area contributed by atoms with Crippen LogP contribution in [0.3, 0.4) is 0 Å². The zero-order chi connectivity index (χ0) is 19.5. The third-order valence-electron chi connectivity index (χ3n) is 5.61. The Kier molecular flexibility index (Phi) is 3.88. The van der Waals surface area contributed by atoms with Gasteiger partial charge in [0.05, 0.1) is 0 Å². The van der Waals surface area contributed by atoms with Crippen molar-refractivity contribution >= 4 is 34.3 Å². The Balaban J connectivity index is 1.79. The lowest BCUT2D eigenvalue weighted by molar-refractivity contribution is -0.118. The smallest absolute Gasteiger partial charge is 0.227 e. The second kappa shape index (κ2) is 6.21. The normalized spacial score (nSPS) is 20.7. The van der Waals surface area contributed by atoms with E-state index in [2.05, 4.69) is 54.5 Å². The van der Waals surface area contributed by atoms with Crippen LogP contribution in [-0.2, 0) is 4.79 Å². The highest BCUT2D eigenvalue weighted by Crippen LogP contribution is 2.46. The van der Waals surface area contributed by atoms with Gasteiger partial charge < -0.3 is 5.32 Å². The topological polar surface area (TPSA) is 59.8 Å². The van der Waals surface area contributed by atoms with Gasteiger partial charge in [-0.25, -0.2) is 4.68 Å². The summed E-state index contributed by atoms with van der Waals surface area (Å²) in [6.07, 6.45) is 3.35. The lowest BCUT2D eigenvalue weighted by Crippen LogP contribution is -2.36. The maximum atomic E-state index is 13.3. The number of nitrogens with one attached hydrogen (secondary N) is 1. The fraction of sp³-hybridized carbons (Fsp3) is 0.318. The van der Waals surface area contributed by atoms with Crippen LogP contribution in [0.4, 0.5) is 5.95 Å². The third kappa shape index (κ3) is 2.66. The molecule has 1 aromatic heterocycles. The van der Waals surface area contributed by atoms with E-state index in [0.29, 0.717) is 17.5 Å². The number of carbonyl (C=O) groups excluding carboxylic acids is 1. The molecule has 0 saturated heterocycles. The Morgan fingerprint density at radius 2 is 1.93 bits per heavy atom. The van der Waals surface area contributed by atoms with Crippen LogP contribution < -0.4 is 5.32 Å². The average molecular weight is 391 g/mol. The summed E-state index contributed by atoms with van der Waals surface area (Å²) in [7, 11) is 0. The standard InChI is InChI=1S/C22H22N4OS/c1-22(2)11-16-18(17(27)12-22)19(26-20(23-16)24-21(25-26)28-3)15-10-6-8-13-7-4-5-9-14(13)15/h4-10,19H,11-12H2,1-3H3,(H,23,24,25). The first kappa shape index (κ1) is 17.5. The van der Waals surface area contributed by atoms with Gasteiger partial charge in [-0.1, -0.05) is 68.1 Å². The Labute approximate surface area is 168 Å². The first-order valence-corrected chi connectivity index (χ1v) is 10.7. The van der Waals surface area contributed by atoms with Crippen LogP contribution in [0.2, 0.25) is 0 Å². The highest BCUT2D eigenvalue weighted by molar-refractivity contribution is 7.98. The summed E-state index contributed by atoms with van der Waals surface area (Å²) in [5.41, 5.74) is 2.86. The summed E-state index contributed by atoms with van der Waals surface area (Å²) in [5.74, 6) is 0.912. The van der Waals surface area contributed by atoms with Crippen molar-refractivity contribution in [2.24, 2.45) is 5.41 Å². The predicted octanol–water partition coefficient (Wildman–Crippen LogP) is 4.81. The van der Waals surface area contributed by atoms with Crippen molar-refractivity contribution in [1.29, 1.82) is 0 Å². The van der Waals surface area contributed by atoms with Crippen LogP contribution in [-0.4, -0.2) is 26.8 Å². The quantitative estimate of drug-likeness (QED) is 0.636. The maximum absolute atomic E-state index is 13.3. The van der Waals surface area contributed by atoms with Crippen LogP contribution in [0.1, 0.15) is 38.3 Å². The number of hydrogen-bond donors (Lipinski definition) is 1. The van der Waals surface area contributed by atoms with Crippen molar-refractivity contribution in [2.45, 2.75) is 37.9 Å². The Morgan fingerprint density at radius 3 is 2.75 bits per heavy atom. The predicted molar refractivity (Wildman–Crippen MR) is 113 cm³/mol. The van der Waals surface area contributed by atoms with E-state index < -0.39 is 0 Å². The molecule has 1 atom stereocenters. The number of thioether (sulfide) groups is 1. The molecule has 0 saturated carbocycles. The number of Topliss-reactive ketones (excluding diaryl/α,β-unsaturated/α-hetero) is 1. The molecule has 5 rings (SSSR count). The Bertz CT molecular complexity index is 1140. The summed E-state index contributed by atoms with van der Waals surface area (Å²) in [6, 6.07) is 14.3. The summed E-state index contributed by atoms with van der Waals surface area (Å²) < 4.78 is 1.89. The van der Waals surface area contributed by atoms with E-state index in [1.165, 1.54) is 11.8 Å². The molecule has 1 aliphatic carbocycles. The number of anilines is 1. The van der Waals surface area contributed by atoms with E-state index >= 15 is 0 Å². The number of nitrogens with zero attached hydrogens (tertiary/aromatic N) is 3. The number of hydrogen-bond acceptors (Lipinski definition) is 5. The first-order valence-electron chi connectivity index (χ1n) is 9.48. The lowest BCUT2D eigenvalue weighted by Gasteiger charge is -2.38. The van der Waals surface area contributed by atoms with E-state index in [0.717, 1.165) is 34.0 Å². The molecule has 1 aliphatic heterocycles. The minimum Gasteiger partial charge on any atom is -0.328 e. The maximum Gasteiger partial charge on any atom is 0.227 e. The van der Waals surface area contributed by atoms with Crippen molar-refractivity contribution in [1.82, 2.24) is 14.8 Å². The molecule has 2 aromatic carbocycles. The van der Waals surface area contributed by atoms with Gasteiger partial charge in [0.25, 0.3) is 0 Å². The zero-order valence-electron chi connectivity index (χ0n) is 16.2. The van der Waals surface area contributed by atoms with Crippen LogP contribution in [0.15, 0.2) is 58.9 Å². The van der Waals surface area contributed by atoms with Crippen molar-refractivity contribution < 1.29 is 4.79 Å². The molecule has 6 heteroatoms. The zero-order valence-corrected chi connectivity index (χ0v) is 17.0. The second-order valence-corrected chi connectivity index (χ2v) is 9.07. The van der Waals surface area contributed by atoms with E-state index in [1.54, 1.807) is 0 Å². The molecular formula is C22H22N4OS. The van der Waals surface area contributed by atoms with Gasteiger partial charge in [-0.15, -0.1) is 5.10 Å². The van der Waals surface area contributed by atoms with Crippen molar-refractivity contribution in [3.63, 3.8) is 0 Å². The van der Waals surface area contributed by atoms with Gasteiger partial charge in [0.15, 0.2) is 5.78 Å². The van der Waals surface area contributed by atoms with E-state index in [1.807, 2.05) is 23.1 Å². The van der Waals surface area contributed by atoms with Gasteiger partial charge in [-0.2, -0.15) is 4.98 Å². The van der Waals surface area contributed by atoms with Crippen molar-refractivity contribution in [2.75, 3.05) is 11.6 Å². The molecule has 2 heterocycles. The van der Waals surface area contributed by atoms with Gasteiger partial charge in [0.2, 0.25) is 11.1 Å². The highest BCUT2D eigenvalue weighted by Gasteiger charge is 2.42. The number of benzene rings is 2. The molecule has 0 spiro atoms. The number of rotatable bonds is 2. The summed E-state index contributed by atoms with van der Waals surface area (Å²) >= 11 is 1.51. The Hall–Kier alpha value is -2.60. The average Bonchev–Trinajstić information content (AvgIpc) is 3.08. The molecule has 1 N–H and O–H groups in total. The van der Waals surface area contributed by atoms with Crippen molar-refractivity contribution in [3.05, 3.63) is 59.3 Å². The molecule has 0 bridgehead atoms. The van der Waals surface area contributed by atoms with Crippen LogP contribution in [0.5, 0.6) is 0 Å². The molecule has 0 fully saturated rings. The minimum atomic E-state index is -0.255. The molecule has 3 aromatic rings. The Morgan fingerprint density at radius 1 is 1.14 bits per heavy atom. The fourth-order valence-corrected chi connectivity index (χ4v) is 4.80. The van der Waals surface area contributed by atoms with Crippen molar-refractivity contribution in [3.8, 4) is 0 Å². The van der Waals surface area contributed by atoms with Crippen LogP contribution >= 0.6 is 11.8 Å². The number of allylic oxidation sites excluding steroid dienone is 2. The van der Waals surface area contributed by atoms with Gasteiger partial charge in [-0.3, -0.25) is 4.79 Å². The third-order valence-corrected chi connectivity index (χ3v) is 6.15. The number of ketones is 1. The van der Waals surface area contributed by atoms with Gasteiger partial charge >= 0.3 is 0 Å². The van der Waals surface area contributed by atoms with Crippen LogP contribution in [0.25, 0.3) is 10.8 Å². The molecule has 5 nitrogen and oxygen atoms in total. The lowest BCUT2D eigenvalue weighted by atomic mass is 9.73. The summed E-state index contributed by atoms with van der Waals surface area (Å²) in [6.45, 7) is 4.30. The van der Waals surface area contributed by atoms with E-state index in [9.17, 15) is 4.79 Å². The molecule has 142 valence electrons. The molecule has 0 radical (unpaired) electrons. The summed E-state index contributed by atoms with van der Waals surface area (Å²) in [4.78, 5) is 17.9. The van der Waals surface area contributed by atoms with Gasteiger partial charge in [-0.05, 0) is 34.4 Å². The first-order chi connectivity index (χ1) is 13.5. The number of aromatic nitrogens is 3. The fourth-order valence-electron chi connectivity index (χ4n) is 4.45.